The zero-order chi connectivity index (χ0) is 24.4. The molecule has 0 aliphatic carbocycles. The van der Waals surface area contributed by atoms with Crippen LogP contribution in [0.15, 0.2) is 41.4 Å². The van der Waals surface area contributed by atoms with Crippen LogP contribution in [0.5, 0.6) is 0 Å². The van der Waals surface area contributed by atoms with E-state index in [2.05, 4.69) is 10.3 Å². The second-order valence-electron chi connectivity index (χ2n) is 8.85. The number of nitrogens with one attached hydrogen (secondary N) is 1. The minimum Gasteiger partial charge on any atom is -0.444 e. The monoisotopic (exact) mass is 475 g/mol. The van der Waals surface area contributed by atoms with Gasteiger partial charge in [0.05, 0.1) is 47.6 Å². The molecule has 9 nitrogen and oxygen atoms in total. The lowest BCUT2D eigenvalue weighted by atomic mass is 10.1. The molecule has 2 amide bonds. The van der Waals surface area contributed by atoms with Crippen molar-refractivity contribution in [2.24, 2.45) is 0 Å². The molecule has 0 saturated carbocycles. The molecular formula is C23H29N3O6S. The van der Waals surface area contributed by atoms with Crippen LogP contribution in [0.1, 0.15) is 60.9 Å². The Labute approximate surface area is 193 Å². The largest absolute Gasteiger partial charge is 0.444 e. The number of rotatable bonds is 6. The van der Waals surface area contributed by atoms with Crippen LogP contribution >= 0.6 is 0 Å². The van der Waals surface area contributed by atoms with Crippen LogP contribution in [-0.4, -0.2) is 53.4 Å². The van der Waals surface area contributed by atoms with Gasteiger partial charge in [-0.2, -0.15) is 0 Å². The van der Waals surface area contributed by atoms with E-state index in [0.29, 0.717) is 23.4 Å². The van der Waals surface area contributed by atoms with E-state index in [1.807, 2.05) is 0 Å². The van der Waals surface area contributed by atoms with Crippen LogP contribution in [0.25, 0.3) is 0 Å². The quantitative estimate of drug-likeness (QED) is 0.658. The highest BCUT2D eigenvalue weighted by molar-refractivity contribution is 7.91. The molecule has 1 unspecified atom stereocenters. The Morgan fingerprint density at radius 3 is 2.45 bits per heavy atom. The maximum absolute atomic E-state index is 12.8. The number of hydrogen-bond donors (Lipinski definition) is 2. The van der Waals surface area contributed by atoms with E-state index >= 15 is 0 Å². The summed E-state index contributed by atoms with van der Waals surface area (Å²) in [4.78, 5) is 31.2. The van der Waals surface area contributed by atoms with Crippen LogP contribution in [0.2, 0.25) is 0 Å². The van der Waals surface area contributed by atoms with Gasteiger partial charge in [-0.25, -0.2) is 13.2 Å². The standard InChI is InChI=1S/C23H29N3O6S/c1-5-33(30,31)18-8-6-15(7-9-18)20(14-27)25-21(28)16-10-17-12-26(13-19(17)24-11-16)22(29)32-23(2,3)4/h6-11,20,27H,5,12-14H2,1-4H3,(H,25,28). The fourth-order valence-electron chi connectivity index (χ4n) is 3.39. The lowest BCUT2D eigenvalue weighted by molar-refractivity contribution is 0.0240. The SMILES string of the molecule is CCS(=O)(=O)c1ccc(C(CO)NC(=O)c2cnc3c(c2)CN(C(=O)OC(C)(C)C)C3)cc1. The molecule has 1 aromatic carbocycles. The van der Waals surface area contributed by atoms with Crippen LogP contribution in [0.3, 0.4) is 0 Å². The van der Waals surface area contributed by atoms with Crippen molar-refractivity contribution < 1.29 is 27.9 Å². The van der Waals surface area contributed by atoms with Gasteiger partial charge in [0.25, 0.3) is 5.91 Å². The number of carbonyl (C=O) groups is 2. The van der Waals surface area contributed by atoms with Gasteiger partial charge in [-0.1, -0.05) is 19.1 Å². The third-order valence-corrected chi connectivity index (χ3v) is 6.94. The first-order valence-corrected chi connectivity index (χ1v) is 12.3. The summed E-state index contributed by atoms with van der Waals surface area (Å²) in [5, 5.41) is 12.5. The summed E-state index contributed by atoms with van der Waals surface area (Å²) in [6, 6.07) is 7.03. The van der Waals surface area contributed by atoms with Gasteiger partial charge in [-0.15, -0.1) is 0 Å². The van der Waals surface area contributed by atoms with Crippen LogP contribution in [-0.2, 0) is 27.7 Å². The second-order valence-corrected chi connectivity index (χ2v) is 11.1. The first-order valence-electron chi connectivity index (χ1n) is 10.6. The lowest BCUT2D eigenvalue weighted by Gasteiger charge is -2.23. The van der Waals surface area contributed by atoms with Gasteiger partial charge in [0, 0.05) is 6.20 Å². The third kappa shape index (κ3) is 5.88. The van der Waals surface area contributed by atoms with Crippen molar-refractivity contribution in [3.63, 3.8) is 0 Å². The van der Waals surface area contributed by atoms with Gasteiger partial charge in [0.15, 0.2) is 9.84 Å². The van der Waals surface area contributed by atoms with Crippen molar-refractivity contribution in [1.29, 1.82) is 0 Å². The van der Waals surface area contributed by atoms with E-state index in [4.69, 9.17) is 4.74 Å². The zero-order valence-electron chi connectivity index (χ0n) is 19.2. The van der Waals surface area contributed by atoms with E-state index in [-0.39, 0.29) is 23.8 Å². The number of sulfone groups is 1. The number of aromatic nitrogens is 1. The molecule has 10 heteroatoms. The second kappa shape index (κ2) is 9.48. The van der Waals surface area contributed by atoms with Crippen LogP contribution < -0.4 is 5.32 Å². The number of benzene rings is 1. The molecule has 0 saturated heterocycles. The zero-order valence-corrected chi connectivity index (χ0v) is 20.0. The van der Waals surface area contributed by atoms with Crippen molar-refractivity contribution in [2.45, 2.75) is 57.3 Å². The summed E-state index contributed by atoms with van der Waals surface area (Å²) in [7, 11) is -3.34. The van der Waals surface area contributed by atoms with E-state index in [9.17, 15) is 23.1 Å². The molecule has 1 aliphatic heterocycles. The molecule has 1 aromatic heterocycles. The molecule has 0 fully saturated rings. The molecule has 0 radical (unpaired) electrons. The Hall–Kier alpha value is -2.98. The molecule has 3 rings (SSSR count). The van der Waals surface area contributed by atoms with E-state index in [1.165, 1.54) is 23.2 Å². The van der Waals surface area contributed by atoms with Gasteiger partial charge in [0.1, 0.15) is 5.60 Å². The Bertz CT molecular complexity index is 1140. The first kappa shape index (κ1) is 24.7. The highest BCUT2D eigenvalue weighted by Gasteiger charge is 2.29. The lowest BCUT2D eigenvalue weighted by Crippen LogP contribution is -2.33. The van der Waals surface area contributed by atoms with Gasteiger partial charge in [-0.05, 0) is 50.1 Å². The van der Waals surface area contributed by atoms with Gasteiger partial charge >= 0.3 is 6.09 Å². The van der Waals surface area contributed by atoms with Crippen LogP contribution in [0, 0.1) is 0 Å². The average Bonchev–Trinajstić information content (AvgIpc) is 3.20. The van der Waals surface area contributed by atoms with Crippen molar-refractivity contribution in [3.8, 4) is 0 Å². The molecule has 1 atom stereocenters. The topological polar surface area (TPSA) is 126 Å². The molecule has 33 heavy (non-hydrogen) atoms. The average molecular weight is 476 g/mol. The van der Waals surface area contributed by atoms with E-state index in [1.54, 1.807) is 45.9 Å². The van der Waals surface area contributed by atoms with E-state index in [0.717, 1.165) is 5.56 Å². The minimum absolute atomic E-state index is 0.0107. The van der Waals surface area contributed by atoms with Crippen molar-refractivity contribution >= 4 is 21.8 Å². The number of amides is 2. The first-order chi connectivity index (χ1) is 15.4. The normalized spacial score (nSPS) is 14.5. The number of aliphatic hydroxyl groups is 1. The number of ether oxygens (including phenoxy) is 1. The summed E-state index contributed by atoms with van der Waals surface area (Å²) in [5.74, 6) is -0.450. The Morgan fingerprint density at radius 1 is 1.21 bits per heavy atom. The Balaban J connectivity index is 1.70. The molecule has 0 bridgehead atoms. The van der Waals surface area contributed by atoms with Crippen molar-refractivity contribution in [2.75, 3.05) is 12.4 Å². The molecule has 2 N–H and O–H groups in total. The number of fused-ring (bicyclic) bond motifs is 1. The highest BCUT2D eigenvalue weighted by Crippen LogP contribution is 2.24. The van der Waals surface area contributed by atoms with E-state index < -0.39 is 33.5 Å². The highest BCUT2D eigenvalue weighted by atomic mass is 32.2. The minimum atomic E-state index is -3.34. The molecular weight excluding hydrogens is 446 g/mol. The number of carbonyl (C=O) groups excluding carboxylic acids is 2. The summed E-state index contributed by atoms with van der Waals surface area (Å²) in [6.45, 7) is 7.18. The predicted octanol–water partition coefficient (Wildman–Crippen LogP) is 2.59. The van der Waals surface area contributed by atoms with Crippen molar-refractivity contribution in [1.82, 2.24) is 15.2 Å². The number of aliphatic hydroxyl groups excluding tert-OH is 1. The molecule has 2 heterocycles. The maximum Gasteiger partial charge on any atom is 0.410 e. The summed E-state index contributed by atoms with van der Waals surface area (Å²) < 4.78 is 29.4. The third-order valence-electron chi connectivity index (χ3n) is 5.19. The summed E-state index contributed by atoms with van der Waals surface area (Å²) in [6.07, 6.45) is 0.985. The predicted molar refractivity (Wildman–Crippen MR) is 121 cm³/mol. The summed E-state index contributed by atoms with van der Waals surface area (Å²) >= 11 is 0. The smallest absolute Gasteiger partial charge is 0.410 e. The van der Waals surface area contributed by atoms with Gasteiger partial charge < -0.3 is 15.2 Å². The Morgan fingerprint density at radius 2 is 1.88 bits per heavy atom. The van der Waals surface area contributed by atoms with Gasteiger partial charge in [0.2, 0.25) is 0 Å². The number of nitrogens with zero attached hydrogens (tertiary/aromatic N) is 2. The molecule has 2 aromatic rings. The number of hydrogen-bond acceptors (Lipinski definition) is 7. The van der Waals surface area contributed by atoms with Crippen LogP contribution in [0.4, 0.5) is 4.79 Å². The number of pyridine rings is 1. The fourth-order valence-corrected chi connectivity index (χ4v) is 4.27. The van der Waals surface area contributed by atoms with Crippen molar-refractivity contribution in [3.05, 3.63) is 58.9 Å². The summed E-state index contributed by atoms with van der Waals surface area (Å²) in [5.41, 5.74) is 1.71. The van der Waals surface area contributed by atoms with Gasteiger partial charge in [-0.3, -0.25) is 14.7 Å². The molecule has 178 valence electrons. The molecule has 1 aliphatic rings. The maximum atomic E-state index is 12.8. The molecule has 0 spiro atoms. The fraction of sp³-hybridized carbons (Fsp3) is 0.435. The Kier molecular flexibility index (Phi) is 7.08.